The highest BCUT2D eigenvalue weighted by Gasteiger charge is 2.33. The van der Waals surface area contributed by atoms with Crippen molar-refractivity contribution >= 4 is 27.5 Å². The van der Waals surface area contributed by atoms with Crippen LogP contribution in [0.25, 0.3) is 0 Å². The van der Waals surface area contributed by atoms with Gasteiger partial charge in [-0.1, -0.05) is 55.5 Å². The summed E-state index contributed by atoms with van der Waals surface area (Å²) in [5.41, 5.74) is 3.96. The lowest BCUT2D eigenvalue weighted by molar-refractivity contribution is -0.140. The molecule has 0 bridgehead atoms. The van der Waals surface area contributed by atoms with Gasteiger partial charge in [0.15, 0.2) is 0 Å². The molecule has 0 fully saturated rings. The lowest BCUT2D eigenvalue weighted by atomic mass is 10.0. The SMILES string of the molecule is CCCNC(=O)[C@H](Cc1ccccc1)N(Cc1cccc(OC)c1)C(=O)CN(c1ccc(C)c(C)c1)S(C)(=O)=O. The van der Waals surface area contributed by atoms with Crippen LogP contribution in [0.4, 0.5) is 5.69 Å². The molecular weight excluding hydrogens is 526 g/mol. The van der Waals surface area contributed by atoms with Crippen LogP contribution in [-0.4, -0.2) is 57.6 Å². The van der Waals surface area contributed by atoms with Gasteiger partial charge in [0.2, 0.25) is 21.8 Å². The Bertz CT molecular complexity index is 1410. The molecule has 0 saturated carbocycles. The van der Waals surface area contributed by atoms with Gasteiger partial charge in [0.05, 0.1) is 19.1 Å². The molecule has 0 aromatic heterocycles. The summed E-state index contributed by atoms with van der Waals surface area (Å²) >= 11 is 0. The molecule has 0 aliphatic rings. The van der Waals surface area contributed by atoms with Crippen LogP contribution in [0, 0.1) is 13.8 Å². The molecule has 8 nitrogen and oxygen atoms in total. The predicted octanol–water partition coefficient (Wildman–Crippen LogP) is 4.24. The first-order chi connectivity index (χ1) is 19.0. The Labute approximate surface area is 238 Å². The number of amides is 2. The fraction of sp³-hybridized carbons (Fsp3) is 0.355. The van der Waals surface area contributed by atoms with Crippen LogP contribution in [0.15, 0.2) is 72.8 Å². The molecule has 0 radical (unpaired) electrons. The number of nitrogens with zero attached hydrogens (tertiary/aromatic N) is 2. The van der Waals surface area contributed by atoms with Crippen LogP contribution in [-0.2, 0) is 32.6 Å². The van der Waals surface area contributed by atoms with Crippen molar-refractivity contribution in [2.75, 3.05) is 30.8 Å². The summed E-state index contributed by atoms with van der Waals surface area (Å²) < 4.78 is 32.3. The second-order valence-corrected chi connectivity index (χ2v) is 11.8. The Hall–Kier alpha value is -3.85. The third-order valence-electron chi connectivity index (χ3n) is 6.77. The molecule has 3 aromatic rings. The maximum absolute atomic E-state index is 14.1. The number of ether oxygens (including phenoxy) is 1. The van der Waals surface area contributed by atoms with Crippen LogP contribution in [0.5, 0.6) is 5.75 Å². The minimum atomic E-state index is -3.81. The van der Waals surface area contributed by atoms with Crippen molar-refractivity contribution in [2.24, 2.45) is 0 Å². The monoisotopic (exact) mass is 565 g/mol. The smallest absolute Gasteiger partial charge is 0.244 e. The van der Waals surface area contributed by atoms with E-state index in [1.807, 2.05) is 75.4 Å². The molecule has 0 saturated heterocycles. The van der Waals surface area contributed by atoms with Gasteiger partial charge in [-0.25, -0.2) is 8.42 Å². The number of sulfonamides is 1. The van der Waals surface area contributed by atoms with Gasteiger partial charge in [-0.05, 0) is 66.8 Å². The van der Waals surface area contributed by atoms with Crippen LogP contribution in [0.3, 0.4) is 0 Å². The summed E-state index contributed by atoms with van der Waals surface area (Å²) in [5, 5.41) is 2.94. The van der Waals surface area contributed by atoms with Gasteiger partial charge >= 0.3 is 0 Å². The average Bonchev–Trinajstić information content (AvgIpc) is 2.93. The van der Waals surface area contributed by atoms with Gasteiger partial charge < -0.3 is 15.0 Å². The van der Waals surface area contributed by atoms with Gasteiger partial charge in [0, 0.05) is 19.5 Å². The van der Waals surface area contributed by atoms with Crippen molar-refractivity contribution in [3.05, 3.63) is 95.1 Å². The minimum Gasteiger partial charge on any atom is -0.497 e. The molecule has 214 valence electrons. The highest BCUT2D eigenvalue weighted by Crippen LogP contribution is 2.23. The second-order valence-electron chi connectivity index (χ2n) is 9.91. The van der Waals surface area contributed by atoms with E-state index in [0.717, 1.165) is 39.2 Å². The van der Waals surface area contributed by atoms with Crippen molar-refractivity contribution in [2.45, 2.75) is 46.2 Å². The summed E-state index contributed by atoms with van der Waals surface area (Å²) in [7, 11) is -2.25. The molecular formula is C31H39N3O5S. The largest absolute Gasteiger partial charge is 0.497 e. The number of hydrogen-bond donors (Lipinski definition) is 1. The number of methoxy groups -OCH3 is 1. The second kappa shape index (κ2) is 14.0. The number of carbonyl (C=O) groups is 2. The van der Waals surface area contributed by atoms with Crippen molar-refractivity contribution in [1.82, 2.24) is 10.2 Å². The molecule has 1 atom stereocenters. The van der Waals surface area contributed by atoms with E-state index < -0.39 is 28.5 Å². The van der Waals surface area contributed by atoms with Crippen LogP contribution in [0.1, 0.15) is 35.6 Å². The Kier molecular flexibility index (Phi) is 10.7. The highest BCUT2D eigenvalue weighted by atomic mass is 32.2. The van der Waals surface area contributed by atoms with E-state index in [1.165, 1.54) is 4.90 Å². The topological polar surface area (TPSA) is 96.0 Å². The van der Waals surface area contributed by atoms with E-state index >= 15 is 0 Å². The zero-order chi connectivity index (χ0) is 29.3. The number of anilines is 1. The summed E-state index contributed by atoms with van der Waals surface area (Å²) in [6, 6.07) is 21.2. The molecule has 0 heterocycles. The lowest BCUT2D eigenvalue weighted by Gasteiger charge is -2.33. The number of hydrogen-bond acceptors (Lipinski definition) is 5. The van der Waals surface area contributed by atoms with Gasteiger partial charge in [-0.3, -0.25) is 13.9 Å². The summed E-state index contributed by atoms with van der Waals surface area (Å²) in [5.74, 6) is -0.161. The zero-order valence-corrected chi connectivity index (χ0v) is 24.7. The highest BCUT2D eigenvalue weighted by molar-refractivity contribution is 7.92. The third kappa shape index (κ3) is 8.32. The molecule has 0 unspecified atom stereocenters. The number of carbonyl (C=O) groups excluding carboxylic acids is 2. The standard InChI is InChI=1S/C31H39N3O5S/c1-6-17-32-31(36)29(20-25-11-8-7-9-12-25)33(21-26-13-10-14-28(19-26)39-4)30(35)22-34(40(5,37)38)27-16-15-23(2)24(3)18-27/h7-16,18-19,29H,6,17,20-22H2,1-5H3,(H,32,36)/t29-/m0/s1. The first-order valence-electron chi connectivity index (χ1n) is 13.3. The Morgan fingerprint density at radius 1 is 0.925 bits per heavy atom. The molecule has 0 aliphatic heterocycles. The summed E-state index contributed by atoms with van der Waals surface area (Å²) in [4.78, 5) is 29.1. The molecule has 0 spiro atoms. The zero-order valence-electron chi connectivity index (χ0n) is 23.9. The van der Waals surface area contributed by atoms with E-state index in [0.29, 0.717) is 18.0 Å². The lowest BCUT2D eigenvalue weighted by Crippen LogP contribution is -2.53. The van der Waals surface area contributed by atoms with Crippen molar-refractivity contribution in [3.8, 4) is 5.75 Å². The van der Waals surface area contributed by atoms with Gasteiger partial charge in [0.25, 0.3) is 0 Å². The Morgan fingerprint density at radius 2 is 1.62 bits per heavy atom. The Balaban J connectivity index is 2.06. The number of nitrogens with one attached hydrogen (secondary N) is 1. The van der Waals surface area contributed by atoms with E-state index in [-0.39, 0.29) is 18.9 Å². The van der Waals surface area contributed by atoms with Gasteiger partial charge in [-0.15, -0.1) is 0 Å². The summed E-state index contributed by atoms with van der Waals surface area (Å²) in [6.07, 6.45) is 2.09. The molecule has 3 aromatic carbocycles. The molecule has 2 amide bonds. The normalized spacial score (nSPS) is 11.9. The first kappa shape index (κ1) is 30.7. The molecule has 1 N–H and O–H groups in total. The van der Waals surface area contributed by atoms with Crippen LogP contribution in [0.2, 0.25) is 0 Å². The third-order valence-corrected chi connectivity index (χ3v) is 7.91. The van der Waals surface area contributed by atoms with Gasteiger partial charge in [0.1, 0.15) is 18.3 Å². The quantitative estimate of drug-likeness (QED) is 0.334. The first-order valence-corrected chi connectivity index (χ1v) is 15.2. The maximum Gasteiger partial charge on any atom is 0.244 e. The predicted molar refractivity (Wildman–Crippen MR) is 159 cm³/mol. The molecule has 9 heteroatoms. The maximum atomic E-state index is 14.1. The van der Waals surface area contributed by atoms with E-state index in [2.05, 4.69) is 5.32 Å². The van der Waals surface area contributed by atoms with E-state index in [1.54, 1.807) is 25.3 Å². The van der Waals surface area contributed by atoms with Gasteiger partial charge in [-0.2, -0.15) is 0 Å². The van der Waals surface area contributed by atoms with E-state index in [9.17, 15) is 18.0 Å². The molecule has 3 rings (SSSR count). The number of rotatable bonds is 13. The Morgan fingerprint density at radius 3 is 2.25 bits per heavy atom. The summed E-state index contributed by atoms with van der Waals surface area (Å²) in [6.45, 7) is 5.90. The van der Waals surface area contributed by atoms with Crippen molar-refractivity contribution < 1.29 is 22.7 Å². The average molecular weight is 566 g/mol. The minimum absolute atomic E-state index is 0.0948. The molecule has 0 aliphatic carbocycles. The fourth-order valence-electron chi connectivity index (χ4n) is 4.38. The fourth-order valence-corrected chi connectivity index (χ4v) is 5.22. The van der Waals surface area contributed by atoms with E-state index in [4.69, 9.17) is 4.74 Å². The van der Waals surface area contributed by atoms with Crippen LogP contribution >= 0.6 is 0 Å². The van der Waals surface area contributed by atoms with Crippen molar-refractivity contribution in [3.63, 3.8) is 0 Å². The van der Waals surface area contributed by atoms with Crippen molar-refractivity contribution in [1.29, 1.82) is 0 Å². The van der Waals surface area contributed by atoms with Crippen LogP contribution < -0.4 is 14.4 Å². The number of benzene rings is 3. The number of aryl methyl sites for hydroxylation is 2. The molecule has 40 heavy (non-hydrogen) atoms.